The predicted octanol–water partition coefficient (Wildman–Crippen LogP) is 2.47. The third-order valence-corrected chi connectivity index (χ3v) is 3.46. The van der Waals surface area contributed by atoms with Crippen LogP contribution in [0.25, 0.3) is 0 Å². The first-order valence-corrected chi connectivity index (χ1v) is 6.48. The number of carbonyl (C=O) groups excluding carboxylic acids is 1. The molecular formula is C13H11FN2O3S. The Morgan fingerprint density at radius 1 is 1.35 bits per heavy atom. The molecule has 0 radical (unpaired) electrons. The van der Waals surface area contributed by atoms with Crippen LogP contribution >= 0.6 is 11.5 Å². The molecule has 0 aliphatic rings. The SMILES string of the molecule is Cc1nsc(NC(=O)Cc2ccc(F)cc2)c1C(=O)O. The molecule has 2 N–H and O–H groups in total. The van der Waals surface area contributed by atoms with Gasteiger partial charge in [-0.2, -0.15) is 4.37 Å². The molecule has 2 rings (SSSR count). The fourth-order valence-electron chi connectivity index (χ4n) is 1.67. The Hall–Kier alpha value is -2.28. The second-order valence-electron chi connectivity index (χ2n) is 4.13. The zero-order valence-corrected chi connectivity index (χ0v) is 11.3. The third kappa shape index (κ3) is 3.18. The smallest absolute Gasteiger partial charge is 0.340 e. The van der Waals surface area contributed by atoms with Crippen LogP contribution in [-0.2, 0) is 11.2 Å². The number of halogens is 1. The normalized spacial score (nSPS) is 10.3. The summed E-state index contributed by atoms with van der Waals surface area (Å²) in [5.41, 5.74) is 1.00. The average molecular weight is 294 g/mol. The molecule has 0 spiro atoms. The maximum Gasteiger partial charge on any atom is 0.340 e. The molecule has 1 amide bonds. The van der Waals surface area contributed by atoms with Gasteiger partial charge in [0.15, 0.2) is 0 Å². The number of nitrogens with zero attached hydrogens (tertiary/aromatic N) is 1. The van der Waals surface area contributed by atoms with E-state index < -0.39 is 5.97 Å². The van der Waals surface area contributed by atoms with E-state index >= 15 is 0 Å². The summed E-state index contributed by atoms with van der Waals surface area (Å²) in [4.78, 5) is 22.9. The van der Waals surface area contributed by atoms with Gasteiger partial charge >= 0.3 is 5.97 Å². The molecule has 0 aliphatic heterocycles. The quantitative estimate of drug-likeness (QED) is 0.908. The van der Waals surface area contributed by atoms with Crippen molar-refractivity contribution in [2.24, 2.45) is 0 Å². The van der Waals surface area contributed by atoms with Crippen molar-refractivity contribution < 1.29 is 19.1 Å². The van der Waals surface area contributed by atoms with Crippen molar-refractivity contribution in [2.45, 2.75) is 13.3 Å². The van der Waals surface area contributed by atoms with Gasteiger partial charge in [-0.05, 0) is 36.2 Å². The fraction of sp³-hybridized carbons (Fsp3) is 0.154. The Balaban J connectivity index is 2.09. The van der Waals surface area contributed by atoms with Gasteiger partial charge in [0, 0.05) is 0 Å². The lowest BCUT2D eigenvalue weighted by Crippen LogP contribution is -2.15. The molecule has 1 aromatic carbocycles. The van der Waals surface area contributed by atoms with Crippen LogP contribution in [0.1, 0.15) is 21.6 Å². The standard InChI is InChI=1S/C13H11FN2O3S/c1-7-11(13(18)19)12(20-16-7)15-10(17)6-8-2-4-9(14)5-3-8/h2-5H,6H2,1H3,(H,15,17)(H,18,19). The highest BCUT2D eigenvalue weighted by molar-refractivity contribution is 7.11. The van der Waals surface area contributed by atoms with Crippen molar-refractivity contribution in [2.75, 3.05) is 5.32 Å². The third-order valence-electron chi connectivity index (χ3n) is 2.61. The molecule has 104 valence electrons. The molecule has 0 atom stereocenters. The number of carbonyl (C=O) groups is 2. The minimum absolute atomic E-state index is 0.00227. The summed E-state index contributed by atoms with van der Waals surface area (Å²) < 4.78 is 16.6. The lowest BCUT2D eigenvalue weighted by atomic mass is 10.1. The average Bonchev–Trinajstić information content (AvgIpc) is 2.73. The number of nitrogens with one attached hydrogen (secondary N) is 1. The van der Waals surface area contributed by atoms with Gasteiger partial charge < -0.3 is 10.4 Å². The van der Waals surface area contributed by atoms with Gasteiger partial charge in [-0.25, -0.2) is 9.18 Å². The first kappa shape index (κ1) is 14.1. The molecule has 5 nitrogen and oxygen atoms in total. The molecule has 0 unspecified atom stereocenters. The summed E-state index contributed by atoms with van der Waals surface area (Å²) in [6.07, 6.45) is 0.0380. The fourth-order valence-corrected chi connectivity index (χ4v) is 2.47. The van der Waals surface area contributed by atoms with Gasteiger partial charge in [0.1, 0.15) is 16.4 Å². The van der Waals surface area contributed by atoms with Crippen molar-refractivity contribution in [3.8, 4) is 0 Å². The summed E-state index contributed by atoms with van der Waals surface area (Å²) in [6.45, 7) is 1.57. The van der Waals surface area contributed by atoms with Gasteiger partial charge in [0.05, 0.1) is 12.1 Å². The molecule has 20 heavy (non-hydrogen) atoms. The minimum atomic E-state index is -1.13. The molecule has 1 aromatic heterocycles. The summed E-state index contributed by atoms with van der Waals surface area (Å²) in [7, 11) is 0. The zero-order chi connectivity index (χ0) is 14.7. The van der Waals surface area contributed by atoms with E-state index in [1.54, 1.807) is 6.92 Å². The predicted molar refractivity (Wildman–Crippen MR) is 72.5 cm³/mol. The Morgan fingerprint density at radius 2 is 2.00 bits per heavy atom. The first-order chi connectivity index (χ1) is 9.47. The maximum atomic E-state index is 12.7. The number of anilines is 1. The Bertz CT molecular complexity index is 652. The van der Waals surface area contributed by atoms with Crippen LogP contribution in [0.4, 0.5) is 9.39 Å². The first-order valence-electron chi connectivity index (χ1n) is 5.71. The number of carboxylic acids is 1. The highest BCUT2D eigenvalue weighted by atomic mass is 32.1. The van der Waals surface area contributed by atoms with Crippen molar-refractivity contribution in [1.29, 1.82) is 0 Å². The van der Waals surface area contributed by atoms with E-state index in [9.17, 15) is 14.0 Å². The highest BCUT2D eigenvalue weighted by Crippen LogP contribution is 2.24. The van der Waals surface area contributed by atoms with Crippen molar-refractivity contribution in [1.82, 2.24) is 4.37 Å². The van der Waals surface area contributed by atoms with E-state index in [4.69, 9.17) is 5.11 Å². The summed E-state index contributed by atoms with van der Waals surface area (Å²) in [6, 6.07) is 5.54. The van der Waals surface area contributed by atoms with Crippen molar-refractivity contribution >= 4 is 28.4 Å². The number of amides is 1. The molecule has 0 fully saturated rings. The molecule has 0 saturated carbocycles. The molecule has 0 bridgehead atoms. The molecular weight excluding hydrogens is 283 g/mol. The Kier molecular flexibility index (Phi) is 4.09. The number of aromatic nitrogens is 1. The second kappa shape index (κ2) is 5.79. The number of benzene rings is 1. The highest BCUT2D eigenvalue weighted by Gasteiger charge is 2.19. The summed E-state index contributed by atoms with van der Waals surface area (Å²) in [5.74, 6) is -1.88. The number of hydrogen-bond acceptors (Lipinski definition) is 4. The van der Waals surface area contributed by atoms with E-state index in [0.29, 0.717) is 11.3 Å². The number of aryl methyl sites for hydroxylation is 1. The number of hydrogen-bond donors (Lipinski definition) is 2. The van der Waals surface area contributed by atoms with Crippen molar-refractivity contribution in [3.05, 3.63) is 46.9 Å². The van der Waals surface area contributed by atoms with Gasteiger partial charge in [0.25, 0.3) is 0 Å². The summed E-state index contributed by atoms with van der Waals surface area (Å²) in [5, 5.41) is 11.8. The van der Waals surface area contributed by atoms with Crippen LogP contribution in [0.5, 0.6) is 0 Å². The van der Waals surface area contributed by atoms with E-state index in [1.165, 1.54) is 24.3 Å². The minimum Gasteiger partial charge on any atom is -0.478 e. The van der Waals surface area contributed by atoms with Crippen LogP contribution in [0.3, 0.4) is 0 Å². The van der Waals surface area contributed by atoms with Gasteiger partial charge in [-0.15, -0.1) is 0 Å². The van der Waals surface area contributed by atoms with E-state index in [-0.39, 0.29) is 28.7 Å². The molecule has 0 aliphatic carbocycles. The molecule has 1 heterocycles. The van der Waals surface area contributed by atoms with E-state index in [0.717, 1.165) is 11.5 Å². The van der Waals surface area contributed by atoms with Crippen LogP contribution in [0.15, 0.2) is 24.3 Å². The number of carboxylic acid groups (broad SMARTS) is 1. The lowest BCUT2D eigenvalue weighted by Gasteiger charge is -2.04. The van der Waals surface area contributed by atoms with Gasteiger partial charge in [0.2, 0.25) is 5.91 Å². The van der Waals surface area contributed by atoms with Gasteiger partial charge in [-0.1, -0.05) is 12.1 Å². The van der Waals surface area contributed by atoms with E-state index in [1.807, 2.05) is 0 Å². The number of rotatable bonds is 4. The molecule has 7 heteroatoms. The largest absolute Gasteiger partial charge is 0.478 e. The monoisotopic (exact) mass is 294 g/mol. The van der Waals surface area contributed by atoms with Gasteiger partial charge in [-0.3, -0.25) is 4.79 Å². The maximum absolute atomic E-state index is 12.7. The Labute approximate surface area is 118 Å². The second-order valence-corrected chi connectivity index (χ2v) is 4.90. The van der Waals surface area contributed by atoms with E-state index in [2.05, 4.69) is 9.69 Å². The Morgan fingerprint density at radius 3 is 2.60 bits per heavy atom. The van der Waals surface area contributed by atoms with Crippen LogP contribution < -0.4 is 5.32 Å². The topological polar surface area (TPSA) is 79.3 Å². The van der Waals surface area contributed by atoms with Crippen LogP contribution in [0.2, 0.25) is 0 Å². The molecule has 0 saturated heterocycles. The van der Waals surface area contributed by atoms with Crippen molar-refractivity contribution in [3.63, 3.8) is 0 Å². The van der Waals surface area contributed by atoms with Crippen LogP contribution in [-0.4, -0.2) is 21.4 Å². The van der Waals surface area contributed by atoms with Crippen LogP contribution in [0, 0.1) is 12.7 Å². The molecule has 2 aromatic rings. The zero-order valence-electron chi connectivity index (χ0n) is 10.5. The lowest BCUT2D eigenvalue weighted by molar-refractivity contribution is -0.115. The number of aromatic carboxylic acids is 1. The summed E-state index contributed by atoms with van der Waals surface area (Å²) >= 11 is 0.923.